The molecule has 0 saturated carbocycles. The number of sulfonamides is 1. The molecule has 1 aliphatic heterocycles. The number of anilines is 1. The first-order valence-corrected chi connectivity index (χ1v) is 11.5. The standard InChI is InChI=1S/C23H24N2O5S/c1-29-19-10-2-3-11-20(19)30-16-14-24-22(26)13-6-15-25-18-9-4-7-17-8-5-12-21(23(17)18)31(25,27)28/h2-5,7-12H,6,13-16H2,1H3,(H,24,26). The summed E-state index contributed by atoms with van der Waals surface area (Å²) in [6, 6.07) is 18.2. The van der Waals surface area contributed by atoms with Crippen LogP contribution in [0.2, 0.25) is 0 Å². The molecule has 0 aliphatic carbocycles. The first-order valence-electron chi connectivity index (χ1n) is 10.1. The van der Waals surface area contributed by atoms with Gasteiger partial charge in [-0.1, -0.05) is 36.4 Å². The van der Waals surface area contributed by atoms with Gasteiger partial charge in [-0.05, 0) is 36.1 Å². The normalized spacial score (nSPS) is 13.9. The van der Waals surface area contributed by atoms with Gasteiger partial charge in [-0.15, -0.1) is 0 Å². The molecule has 0 fully saturated rings. The molecule has 3 aromatic rings. The number of hydrogen-bond donors (Lipinski definition) is 1. The van der Waals surface area contributed by atoms with Crippen molar-refractivity contribution in [3.63, 3.8) is 0 Å². The molecule has 8 heteroatoms. The van der Waals surface area contributed by atoms with Crippen molar-refractivity contribution in [1.29, 1.82) is 0 Å². The van der Waals surface area contributed by atoms with Gasteiger partial charge in [0.15, 0.2) is 11.5 Å². The van der Waals surface area contributed by atoms with Crippen LogP contribution in [0.1, 0.15) is 12.8 Å². The van der Waals surface area contributed by atoms with E-state index in [1.165, 1.54) is 4.31 Å². The van der Waals surface area contributed by atoms with Gasteiger partial charge in [0, 0.05) is 18.4 Å². The molecule has 0 spiro atoms. The van der Waals surface area contributed by atoms with E-state index in [1.54, 1.807) is 31.4 Å². The Kier molecular flexibility index (Phi) is 5.99. The third-order valence-electron chi connectivity index (χ3n) is 5.20. The third-order valence-corrected chi connectivity index (χ3v) is 7.05. The zero-order valence-electron chi connectivity index (χ0n) is 17.2. The molecule has 0 unspecified atom stereocenters. The van der Waals surface area contributed by atoms with Crippen LogP contribution >= 0.6 is 0 Å². The smallest absolute Gasteiger partial charge is 0.265 e. The van der Waals surface area contributed by atoms with Gasteiger partial charge < -0.3 is 14.8 Å². The fourth-order valence-corrected chi connectivity index (χ4v) is 5.51. The molecule has 7 nitrogen and oxygen atoms in total. The number of hydrogen-bond acceptors (Lipinski definition) is 5. The lowest BCUT2D eigenvalue weighted by atomic mass is 10.1. The van der Waals surface area contributed by atoms with Gasteiger partial charge in [0.2, 0.25) is 5.91 Å². The van der Waals surface area contributed by atoms with Crippen LogP contribution in [-0.2, 0) is 14.8 Å². The summed E-state index contributed by atoms with van der Waals surface area (Å²) in [6.07, 6.45) is 0.649. The van der Waals surface area contributed by atoms with E-state index >= 15 is 0 Å². The molecule has 162 valence electrons. The van der Waals surface area contributed by atoms with Gasteiger partial charge in [0.1, 0.15) is 6.61 Å². The zero-order valence-corrected chi connectivity index (χ0v) is 18.0. The average molecular weight is 441 g/mol. The van der Waals surface area contributed by atoms with Crippen LogP contribution in [0.25, 0.3) is 10.8 Å². The second kappa shape index (κ2) is 8.85. The molecule has 0 saturated heterocycles. The van der Waals surface area contributed by atoms with Gasteiger partial charge >= 0.3 is 0 Å². The second-order valence-corrected chi connectivity index (χ2v) is 8.99. The van der Waals surface area contributed by atoms with Gasteiger partial charge in [-0.2, -0.15) is 0 Å². The van der Waals surface area contributed by atoms with Crippen molar-refractivity contribution in [2.45, 2.75) is 17.7 Å². The van der Waals surface area contributed by atoms with E-state index in [4.69, 9.17) is 9.47 Å². The maximum Gasteiger partial charge on any atom is 0.265 e. The number of carbonyl (C=O) groups excluding carboxylic acids is 1. The molecule has 4 rings (SSSR count). The summed E-state index contributed by atoms with van der Waals surface area (Å²) in [6.45, 7) is 0.912. The number of para-hydroxylation sites is 2. The highest BCUT2D eigenvalue weighted by molar-refractivity contribution is 7.93. The van der Waals surface area contributed by atoms with Gasteiger partial charge in [-0.25, -0.2) is 8.42 Å². The number of rotatable bonds is 9. The van der Waals surface area contributed by atoms with Crippen molar-refractivity contribution in [2.75, 3.05) is 31.1 Å². The summed E-state index contributed by atoms with van der Waals surface area (Å²) >= 11 is 0. The van der Waals surface area contributed by atoms with E-state index in [9.17, 15) is 13.2 Å². The van der Waals surface area contributed by atoms with Crippen LogP contribution in [0.4, 0.5) is 5.69 Å². The van der Waals surface area contributed by atoms with E-state index in [0.717, 1.165) is 10.8 Å². The van der Waals surface area contributed by atoms with Gasteiger partial charge in [0.05, 0.1) is 24.2 Å². The van der Waals surface area contributed by atoms with Crippen molar-refractivity contribution in [2.24, 2.45) is 0 Å². The summed E-state index contributed by atoms with van der Waals surface area (Å²) in [5.74, 6) is 1.11. The number of methoxy groups -OCH3 is 1. The predicted octanol–water partition coefficient (Wildman–Crippen LogP) is 3.33. The molecular formula is C23H24N2O5S. The second-order valence-electron chi connectivity index (χ2n) is 7.16. The Bertz CT molecular complexity index is 1200. The Morgan fingerprint density at radius 2 is 1.74 bits per heavy atom. The first kappa shape index (κ1) is 21.0. The number of amides is 1. The monoisotopic (exact) mass is 440 g/mol. The van der Waals surface area contributed by atoms with Crippen LogP contribution in [0.3, 0.4) is 0 Å². The van der Waals surface area contributed by atoms with Crippen molar-refractivity contribution >= 4 is 32.4 Å². The maximum absolute atomic E-state index is 12.9. The van der Waals surface area contributed by atoms with E-state index in [0.29, 0.717) is 41.7 Å². The summed E-state index contributed by atoms with van der Waals surface area (Å²) in [4.78, 5) is 12.5. The van der Waals surface area contributed by atoms with Crippen LogP contribution in [-0.4, -0.2) is 41.1 Å². The SMILES string of the molecule is COc1ccccc1OCCNC(=O)CCCN1c2cccc3cccc(c23)S1(=O)=O. The summed E-state index contributed by atoms with van der Waals surface area (Å²) in [7, 11) is -2.01. The third kappa shape index (κ3) is 4.16. The van der Waals surface area contributed by atoms with E-state index in [1.807, 2.05) is 36.4 Å². The highest BCUT2D eigenvalue weighted by Gasteiger charge is 2.34. The Hall–Kier alpha value is -3.26. The number of nitrogens with one attached hydrogen (secondary N) is 1. The van der Waals surface area contributed by atoms with E-state index in [-0.39, 0.29) is 18.9 Å². The fourth-order valence-electron chi connectivity index (χ4n) is 3.76. The molecule has 1 aliphatic rings. The van der Waals surface area contributed by atoms with Crippen LogP contribution in [0, 0.1) is 0 Å². The first-order chi connectivity index (χ1) is 15.0. The Balaban J connectivity index is 1.27. The molecule has 3 aromatic carbocycles. The molecule has 0 atom stereocenters. The molecule has 0 aromatic heterocycles. The topological polar surface area (TPSA) is 84.9 Å². The van der Waals surface area contributed by atoms with Crippen molar-refractivity contribution in [3.05, 3.63) is 60.7 Å². The van der Waals surface area contributed by atoms with Gasteiger partial charge in [0.25, 0.3) is 10.0 Å². The van der Waals surface area contributed by atoms with Crippen LogP contribution in [0.5, 0.6) is 11.5 Å². The molecule has 0 radical (unpaired) electrons. The van der Waals surface area contributed by atoms with Crippen molar-refractivity contribution < 1.29 is 22.7 Å². The molecule has 31 heavy (non-hydrogen) atoms. The number of nitrogens with zero attached hydrogens (tertiary/aromatic N) is 1. The lowest BCUT2D eigenvalue weighted by Crippen LogP contribution is -2.31. The molecule has 0 bridgehead atoms. The van der Waals surface area contributed by atoms with Crippen LogP contribution < -0.4 is 19.1 Å². The molecule has 1 N–H and O–H groups in total. The minimum absolute atomic E-state index is 0.143. The highest BCUT2D eigenvalue weighted by atomic mass is 32.2. The van der Waals surface area contributed by atoms with Crippen molar-refractivity contribution in [3.8, 4) is 11.5 Å². The lowest BCUT2D eigenvalue weighted by Gasteiger charge is -2.18. The van der Waals surface area contributed by atoms with Crippen molar-refractivity contribution in [1.82, 2.24) is 5.32 Å². The lowest BCUT2D eigenvalue weighted by molar-refractivity contribution is -0.121. The summed E-state index contributed by atoms with van der Waals surface area (Å²) in [5, 5.41) is 4.45. The number of ether oxygens (including phenoxy) is 2. The fraction of sp³-hybridized carbons (Fsp3) is 0.261. The summed E-state index contributed by atoms with van der Waals surface area (Å²) < 4.78 is 38.1. The van der Waals surface area contributed by atoms with E-state index in [2.05, 4.69) is 5.32 Å². The molecule has 1 amide bonds. The highest BCUT2D eigenvalue weighted by Crippen LogP contribution is 2.41. The largest absolute Gasteiger partial charge is 0.493 e. The zero-order chi connectivity index (χ0) is 21.8. The maximum atomic E-state index is 12.9. The molecular weight excluding hydrogens is 416 g/mol. The molecule has 1 heterocycles. The minimum Gasteiger partial charge on any atom is -0.493 e. The van der Waals surface area contributed by atoms with Gasteiger partial charge in [-0.3, -0.25) is 9.10 Å². The minimum atomic E-state index is -3.58. The quantitative estimate of drug-likeness (QED) is 0.516. The Labute approximate surface area is 181 Å². The van der Waals surface area contributed by atoms with E-state index < -0.39 is 10.0 Å². The predicted molar refractivity (Wildman–Crippen MR) is 119 cm³/mol. The van der Waals surface area contributed by atoms with Crippen LogP contribution in [0.15, 0.2) is 65.6 Å². The Morgan fingerprint density at radius 1 is 1.00 bits per heavy atom. The summed E-state index contributed by atoms with van der Waals surface area (Å²) in [5.41, 5.74) is 0.679. The number of carbonyl (C=O) groups is 1. The number of benzene rings is 3. The Morgan fingerprint density at radius 3 is 2.52 bits per heavy atom. The average Bonchev–Trinajstić information content (AvgIpc) is 3.00.